The molecule has 0 aromatic carbocycles. The Balaban J connectivity index is 4.37. The smallest absolute Gasteiger partial charge is 0.323 e. The number of carboxylic acid groups (broad SMARTS) is 1. The lowest BCUT2D eigenvalue weighted by Crippen LogP contribution is -2.39. The number of hydrogen-bond donors (Lipinski definition) is 1. The molecule has 0 saturated carbocycles. The maximum atomic E-state index is 11.8. The van der Waals surface area contributed by atoms with Crippen LogP contribution in [0.25, 0.3) is 0 Å². The molecule has 0 atom stereocenters. The Labute approximate surface area is 96.4 Å². The summed E-state index contributed by atoms with van der Waals surface area (Å²) in [5, 5.41) is 8.70. The average molecular weight is 231 g/mol. The zero-order valence-corrected chi connectivity index (χ0v) is 10.4. The summed E-state index contributed by atoms with van der Waals surface area (Å²) in [5.74, 6) is -1.15. The Morgan fingerprint density at radius 1 is 1.31 bits per heavy atom. The third-order valence-electron chi connectivity index (χ3n) is 1.93. The number of methoxy groups -OCH3 is 1. The summed E-state index contributed by atoms with van der Waals surface area (Å²) < 4.78 is 4.85. The Morgan fingerprint density at radius 3 is 2.25 bits per heavy atom. The first-order valence-corrected chi connectivity index (χ1v) is 5.25. The molecule has 0 fully saturated rings. The minimum absolute atomic E-state index is 0.138. The molecule has 0 radical (unpaired) electrons. The molecule has 94 valence electrons. The van der Waals surface area contributed by atoms with Gasteiger partial charge < -0.3 is 14.7 Å². The van der Waals surface area contributed by atoms with Gasteiger partial charge in [-0.25, -0.2) is 0 Å². The van der Waals surface area contributed by atoms with Crippen molar-refractivity contribution in [2.45, 2.75) is 27.2 Å². The van der Waals surface area contributed by atoms with E-state index in [4.69, 9.17) is 9.84 Å². The Kier molecular flexibility index (Phi) is 6.03. The average Bonchev–Trinajstić information content (AvgIpc) is 2.08. The van der Waals surface area contributed by atoms with Crippen LogP contribution in [0.1, 0.15) is 27.2 Å². The zero-order chi connectivity index (χ0) is 12.8. The standard InChI is InChI=1S/C11H21NO4/c1-11(2,3)7-9(13)12(5-6-16-4)8-10(14)15/h5-8H2,1-4H3,(H,14,15). The Morgan fingerprint density at radius 2 is 1.88 bits per heavy atom. The van der Waals surface area contributed by atoms with E-state index in [-0.39, 0.29) is 17.9 Å². The van der Waals surface area contributed by atoms with Crippen LogP contribution in [-0.4, -0.2) is 48.7 Å². The minimum atomic E-state index is -1.00. The zero-order valence-electron chi connectivity index (χ0n) is 10.4. The van der Waals surface area contributed by atoms with E-state index in [2.05, 4.69) is 0 Å². The number of aliphatic carboxylic acids is 1. The number of amides is 1. The van der Waals surface area contributed by atoms with E-state index >= 15 is 0 Å². The van der Waals surface area contributed by atoms with E-state index in [1.807, 2.05) is 20.8 Å². The highest BCUT2D eigenvalue weighted by Crippen LogP contribution is 2.19. The van der Waals surface area contributed by atoms with E-state index in [9.17, 15) is 9.59 Å². The fourth-order valence-electron chi connectivity index (χ4n) is 1.22. The molecular weight excluding hydrogens is 210 g/mol. The number of nitrogens with zero attached hydrogens (tertiary/aromatic N) is 1. The molecule has 0 aromatic heterocycles. The van der Waals surface area contributed by atoms with Gasteiger partial charge in [0.25, 0.3) is 0 Å². The highest BCUT2D eigenvalue weighted by Gasteiger charge is 2.22. The van der Waals surface area contributed by atoms with Crippen LogP contribution in [-0.2, 0) is 14.3 Å². The Bertz CT molecular complexity index is 245. The molecule has 0 aliphatic heterocycles. The third kappa shape index (κ3) is 7.23. The summed E-state index contributed by atoms with van der Waals surface area (Å²) in [6.45, 7) is 6.24. The summed E-state index contributed by atoms with van der Waals surface area (Å²) in [4.78, 5) is 23.7. The number of hydrogen-bond acceptors (Lipinski definition) is 3. The second kappa shape index (κ2) is 6.48. The summed E-state index contributed by atoms with van der Waals surface area (Å²) in [5.41, 5.74) is -0.138. The van der Waals surface area contributed by atoms with Crippen molar-refractivity contribution >= 4 is 11.9 Å². The van der Waals surface area contributed by atoms with Crippen LogP contribution in [0.2, 0.25) is 0 Å². The van der Waals surface area contributed by atoms with Gasteiger partial charge in [-0.1, -0.05) is 20.8 Å². The minimum Gasteiger partial charge on any atom is -0.480 e. The number of ether oxygens (including phenoxy) is 1. The molecule has 16 heavy (non-hydrogen) atoms. The molecule has 0 rings (SSSR count). The first kappa shape index (κ1) is 14.9. The first-order chi connectivity index (χ1) is 7.26. The first-order valence-electron chi connectivity index (χ1n) is 5.25. The van der Waals surface area contributed by atoms with Gasteiger partial charge in [-0.05, 0) is 5.41 Å². The van der Waals surface area contributed by atoms with Gasteiger partial charge in [0.15, 0.2) is 0 Å². The van der Waals surface area contributed by atoms with Crippen molar-refractivity contribution in [1.82, 2.24) is 4.90 Å². The van der Waals surface area contributed by atoms with E-state index in [0.29, 0.717) is 19.6 Å². The van der Waals surface area contributed by atoms with Crippen molar-refractivity contribution in [3.8, 4) is 0 Å². The monoisotopic (exact) mass is 231 g/mol. The van der Waals surface area contributed by atoms with Crippen LogP contribution in [0.15, 0.2) is 0 Å². The molecule has 5 nitrogen and oxygen atoms in total. The predicted molar refractivity (Wildman–Crippen MR) is 60.2 cm³/mol. The van der Waals surface area contributed by atoms with Crippen molar-refractivity contribution in [2.24, 2.45) is 5.41 Å². The van der Waals surface area contributed by atoms with Crippen LogP contribution >= 0.6 is 0 Å². The summed E-state index contributed by atoms with van der Waals surface area (Å²) >= 11 is 0. The third-order valence-corrected chi connectivity index (χ3v) is 1.93. The normalized spacial score (nSPS) is 11.2. The largest absolute Gasteiger partial charge is 0.480 e. The van der Waals surface area contributed by atoms with Gasteiger partial charge in [-0.3, -0.25) is 9.59 Å². The van der Waals surface area contributed by atoms with Gasteiger partial charge in [0.1, 0.15) is 6.54 Å². The quantitative estimate of drug-likeness (QED) is 0.740. The Hall–Kier alpha value is -1.10. The predicted octanol–water partition coefficient (Wildman–Crippen LogP) is 0.982. The van der Waals surface area contributed by atoms with Crippen LogP contribution in [0.5, 0.6) is 0 Å². The highest BCUT2D eigenvalue weighted by atomic mass is 16.5. The lowest BCUT2D eigenvalue weighted by molar-refractivity contribution is -0.145. The van der Waals surface area contributed by atoms with Gasteiger partial charge in [0.2, 0.25) is 5.91 Å². The van der Waals surface area contributed by atoms with Gasteiger partial charge in [0.05, 0.1) is 6.61 Å². The summed E-state index contributed by atoms with van der Waals surface area (Å²) in [6, 6.07) is 0. The molecule has 0 spiro atoms. The molecule has 0 aliphatic carbocycles. The molecule has 5 heteroatoms. The highest BCUT2D eigenvalue weighted by molar-refractivity contribution is 5.81. The molecule has 0 heterocycles. The number of carbonyl (C=O) groups is 2. The molecule has 1 N–H and O–H groups in total. The maximum Gasteiger partial charge on any atom is 0.323 e. The lowest BCUT2D eigenvalue weighted by atomic mass is 9.91. The van der Waals surface area contributed by atoms with Crippen LogP contribution < -0.4 is 0 Å². The molecular formula is C11H21NO4. The van der Waals surface area contributed by atoms with E-state index in [1.165, 1.54) is 12.0 Å². The molecule has 0 saturated heterocycles. The molecule has 0 aromatic rings. The van der Waals surface area contributed by atoms with Crippen LogP contribution in [0, 0.1) is 5.41 Å². The topological polar surface area (TPSA) is 66.8 Å². The van der Waals surface area contributed by atoms with Crippen molar-refractivity contribution in [3.05, 3.63) is 0 Å². The van der Waals surface area contributed by atoms with Crippen molar-refractivity contribution in [3.63, 3.8) is 0 Å². The van der Waals surface area contributed by atoms with Crippen molar-refractivity contribution in [1.29, 1.82) is 0 Å². The van der Waals surface area contributed by atoms with E-state index < -0.39 is 5.97 Å². The lowest BCUT2D eigenvalue weighted by Gasteiger charge is -2.25. The molecule has 1 amide bonds. The van der Waals surface area contributed by atoms with Gasteiger partial charge in [-0.15, -0.1) is 0 Å². The van der Waals surface area contributed by atoms with Crippen LogP contribution in [0.4, 0.5) is 0 Å². The summed E-state index contributed by atoms with van der Waals surface area (Å²) in [6.07, 6.45) is 0.337. The molecule has 0 unspecified atom stereocenters. The molecule has 0 bridgehead atoms. The number of carbonyl (C=O) groups excluding carboxylic acids is 1. The fraction of sp³-hybridized carbons (Fsp3) is 0.818. The van der Waals surface area contributed by atoms with Gasteiger partial charge in [0, 0.05) is 20.1 Å². The second-order valence-electron chi connectivity index (χ2n) is 4.94. The van der Waals surface area contributed by atoms with Crippen LogP contribution in [0.3, 0.4) is 0 Å². The van der Waals surface area contributed by atoms with E-state index in [0.717, 1.165) is 0 Å². The van der Waals surface area contributed by atoms with Gasteiger partial charge in [-0.2, -0.15) is 0 Å². The van der Waals surface area contributed by atoms with Gasteiger partial charge >= 0.3 is 5.97 Å². The molecule has 0 aliphatic rings. The number of rotatable bonds is 6. The summed E-state index contributed by atoms with van der Waals surface area (Å²) in [7, 11) is 1.52. The number of carboxylic acids is 1. The van der Waals surface area contributed by atoms with Crippen molar-refractivity contribution < 1.29 is 19.4 Å². The van der Waals surface area contributed by atoms with Crippen molar-refractivity contribution in [2.75, 3.05) is 26.8 Å². The maximum absolute atomic E-state index is 11.8. The SMILES string of the molecule is COCCN(CC(=O)O)C(=O)CC(C)(C)C. The van der Waals surface area contributed by atoms with E-state index in [1.54, 1.807) is 0 Å². The fourth-order valence-corrected chi connectivity index (χ4v) is 1.22. The second-order valence-corrected chi connectivity index (χ2v) is 4.94.